The van der Waals surface area contributed by atoms with Crippen molar-refractivity contribution in [2.75, 3.05) is 0 Å². The van der Waals surface area contributed by atoms with Gasteiger partial charge in [-0.05, 0) is 11.0 Å². The van der Waals surface area contributed by atoms with Gasteiger partial charge in [-0.1, -0.05) is 24.3 Å². The molecular weight excluding hydrogens is 169 g/mol. The minimum atomic E-state index is -1.47. The van der Waals surface area contributed by atoms with E-state index < -0.39 is 13.3 Å². The lowest BCUT2D eigenvalue weighted by atomic mass is 9.80. The van der Waals surface area contributed by atoms with Gasteiger partial charge in [0.15, 0.2) is 0 Å². The van der Waals surface area contributed by atoms with Gasteiger partial charge in [0.05, 0.1) is 0 Å². The van der Waals surface area contributed by atoms with Crippen LogP contribution in [0.25, 0.3) is 0 Å². The number of benzene rings is 1. The first kappa shape index (κ1) is 9.85. The number of hydrogen-bond acceptors (Lipinski definition) is 5. The van der Waals surface area contributed by atoms with E-state index >= 15 is 0 Å². The van der Waals surface area contributed by atoms with E-state index in [0.717, 1.165) is 0 Å². The summed E-state index contributed by atoms with van der Waals surface area (Å²) in [4.78, 5) is 0. The third kappa shape index (κ3) is 2.35. The third-order valence-corrected chi connectivity index (χ3v) is 1.72. The largest absolute Gasteiger partial charge is 0.488 e. The van der Waals surface area contributed by atoms with Gasteiger partial charge >= 0.3 is 7.12 Å². The molecule has 0 fully saturated rings. The molecule has 0 bridgehead atoms. The predicted octanol–water partition coefficient (Wildman–Crippen LogP) is -0.645. The SMILES string of the molecule is N=NC(N)c1ccc(B(O)O)cc1. The molecule has 0 saturated carbocycles. The minimum Gasteiger partial charge on any atom is -0.423 e. The van der Waals surface area contributed by atoms with Crippen LogP contribution in [0.1, 0.15) is 11.7 Å². The van der Waals surface area contributed by atoms with Gasteiger partial charge in [0.25, 0.3) is 0 Å². The molecule has 13 heavy (non-hydrogen) atoms. The first-order valence-electron chi connectivity index (χ1n) is 3.73. The standard InChI is InChI=1S/C7H10BN3O2/c9-7(11-10)5-1-3-6(4-2-5)8(12)13/h1-4,7,10,12-13H,9H2. The maximum atomic E-state index is 8.77. The van der Waals surface area contributed by atoms with Crippen molar-refractivity contribution in [2.24, 2.45) is 10.8 Å². The lowest BCUT2D eigenvalue weighted by Gasteiger charge is -2.05. The zero-order chi connectivity index (χ0) is 9.84. The number of nitrogens with zero attached hydrogens (tertiary/aromatic N) is 1. The molecule has 1 aromatic carbocycles. The predicted molar refractivity (Wildman–Crippen MR) is 48.3 cm³/mol. The summed E-state index contributed by atoms with van der Waals surface area (Å²) in [6, 6.07) is 6.28. The van der Waals surface area contributed by atoms with Gasteiger partial charge in [-0.15, -0.1) is 0 Å². The van der Waals surface area contributed by atoms with Gasteiger partial charge in [-0.2, -0.15) is 5.11 Å². The highest BCUT2D eigenvalue weighted by Gasteiger charge is 2.11. The van der Waals surface area contributed by atoms with Gasteiger partial charge < -0.3 is 15.8 Å². The van der Waals surface area contributed by atoms with Crippen molar-refractivity contribution in [1.29, 1.82) is 5.53 Å². The van der Waals surface area contributed by atoms with Crippen molar-refractivity contribution >= 4 is 12.6 Å². The van der Waals surface area contributed by atoms with Crippen LogP contribution in [0.2, 0.25) is 0 Å². The van der Waals surface area contributed by atoms with E-state index in [9.17, 15) is 0 Å². The summed E-state index contributed by atoms with van der Waals surface area (Å²) in [5.41, 5.74) is 13.2. The van der Waals surface area contributed by atoms with Gasteiger partial charge in [-0.3, -0.25) is 0 Å². The lowest BCUT2D eigenvalue weighted by Crippen LogP contribution is -2.29. The topological polar surface area (TPSA) is 103 Å². The van der Waals surface area contributed by atoms with Crippen LogP contribution in [0, 0.1) is 5.53 Å². The quantitative estimate of drug-likeness (QED) is 0.366. The summed E-state index contributed by atoms with van der Waals surface area (Å²) in [6.07, 6.45) is -0.676. The molecule has 0 spiro atoms. The van der Waals surface area contributed by atoms with Crippen LogP contribution in [0.3, 0.4) is 0 Å². The van der Waals surface area contributed by atoms with E-state index in [-0.39, 0.29) is 0 Å². The Labute approximate surface area is 75.9 Å². The zero-order valence-electron chi connectivity index (χ0n) is 6.88. The molecule has 0 aliphatic carbocycles. The summed E-state index contributed by atoms with van der Waals surface area (Å²) >= 11 is 0. The van der Waals surface area contributed by atoms with Crippen LogP contribution in [0.5, 0.6) is 0 Å². The second-order valence-electron chi connectivity index (χ2n) is 2.61. The molecule has 5 N–H and O–H groups in total. The molecule has 0 heterocycles. The second-order valence-corrected chi connectivity index (χ2v) is 2.61. The Morgan fingerprint density at radius 3 is 2.23 bits per heavy atom. The second kappa shape index (κ2) is 4.13. The van der Waals surface area contributed by atoms with E-state index in [2.05, 4.69) is 5.11 Å². The van der Waals surface area contributed by atoms with E-state index in [4.69, 9.17) is 21.3 Å². The number of rotatable bonds is 3. The molecule has 0 aliphatic heterocycles. The van der Waals surface area contributed by atoms with Crippen LogP contribution in [-0.2, 0) is 0 Å². The Kier molecular flexibility index (Phi) is 3.13. The molecule has 1 atom stereocenters. The van der Waals surface area contributed by atoms with E-state index in [1.165, 1.54) is 12.1 Å². The van der Waals surface area contributed by atoms with Crippen LogP contribution in [0.4, 0.5) is 0 Å². The summed E-state index contributed by atoms with van der Waals surface area (Å²) in [5.74, 6) is 0. The molecule has 0 aliphatic rings. The molecule has 0 amide bonds. The fraction of sp³-hybridized carbons (Fsp3) is 0.143. The number of nitrogens with one attached hydrogen (secondary N) is 1. The van der Waals surface area contributed by atoms with Crippen LogP contribution < -0.4 is 11.2 Å². The molecule has 0 radical (unpaired) electrons. The first-order valence-corrected chi connectivity index (χ1v) is 3.73. The van der Waals surface area contributed by atoms with Gasteiger partial charge in [0, 0.05) is 0 Å². The Hall–Kier alpha value is -1.24. The molecule has 5 nitrogen and oxygen atoms in total. The molecule has 0 saturated heterocycles. The molecule has 6 heteroatoms. The summed E-state index contributed by atoms with van der Waals surface area (Å²) in [6.45, 7) is 0. The summed E-state index contributed by atoms with van der Waals surface area (Å²) in [7, 11) is -1.47. The lowest BCUT2D eigenvalue weighted by molar-refractivity contribution is 0.426. The average molecular weight is 179 g/mol. The van der Waals surface area contributed by atoms with Crippen molar-refractivity contribution in [2.45, 2.75) is 6.17 Å². The zero-order valence-corrected chi connectivity index (χ0v) is 6.88. The molecule has 1 rings (SSSR count). The van der Waals surface area contributed by atoms with Crippen molar-refractivity contribution in [1.82, 2.24) is 0 Å². The van der Waals surface area contributed by atoms with E-state index in [1.54, 1.807) is 12.1 Å². The fourth-order valence-corrected chi connectivity index (χ4v) is 0.940. The molecule has 68 valence electrons. The van der Waals surface area contributed by atoms with E-state index in [1.807, 2.05) is 0 Å². The maximum absolute atomic E-state index is 8.77. The molecule has 1 unspecified atom stereocenters. The summed E-state index contributed by atoms with van der Waals surface area (Å²) < 4.78 is 0. The first-order chi connectivity index (χ1) is 6.15. The molecular formula is C7H10BN3O2. The maximum Gasteiger partial charge on any atom is 0.488 e. The van der Waals surface area contributed by atoms with Gasteiger partial charge in [-0.25, -0.2) is 5.53 Å². The van der Waals surface area contributed by atoms with Crippen LogP contribution in [-0.4, -0.2) is 17.2 Å². The summed E-state index contributed by atoms with van der Waals surface area (Å²) in [5, 5.41) is 20.7. The Bertz CT molecular complexity index is 288. The monoisotopic (exact) mass is 179 g/mol. The highest BCUT2D eigenvalue weighted by molar-refractivity contribution is 6.58. The van der Waals surface area contributed by atoms with Crippen molar-refractivity contribution in [3.05, 3.63) is 29.8 Å². The van der Waals surface area contributed by atoms with Crippen LogP contribution in [0.15, 0.2) is 29.4 Å². The third-order valence-electron chi connectivity index (χ3n) is 1.72. The Morgan fingerprint density at radius 1 is 1.31 bits per heavy atom. The van der Waals surface area contributed by atoms with Crippen LogP contribution >= 0.6 is 0 Å². The van der Waals surface area contributed by atoms with Crippen molar-refractivity contribution in [3.63, 3.8) is 0 Å². The van der Waals surface area contributed by atoms with Gasteiger partial charge in [0.2, 0.25) is 0 Å². The Morgan fingerprint density at radius 2 is 1.85 bits per heavy atom. The normalized spacial score (nSPS) is 12.2. The highest BCUT2D eigenvalue weighted by atomic mass is 16.4. The fourth-order valence-electron chi connectivity index (χ4n) is 0.940. The van der Waals surface area contributed by atoms with E-state index in [0.29, 0.717) is 11.0 Å². The number of nitrogens with two attached hydrogens (primary N) is 1. The van der Waals surface area contributed by atoms with Gasteiger partial charge in [0.1, 0.15) is 6.17 Å². The number of hydrogen-bond donors (Lipinski definition) is 4. The van der Waals surface area contributed by atoms with Crippen molar-refractivity contribution < 1.29 is 10.0 Å². The molecule has 0 aromatic heterocycles. The minimum absolute atomic E-state index is 0.390. The van der Waals surface area contributed by atoms with Crippen molar-refractivity contribution in [3.8, 4) is 0 Å². The average Bonchev–Trinajstić information content (AvgIpc) is 2.17. The smallest absolute Gasteiger partial charge is 0.423 e. The molecule has 1 aromatic rings. The Balaban J connectivity index is 2.87. The highest BCUT2D eigenvalue weighted by Crippen LogP contribution is 2.08.